The minimum absolute atomic E-state index is 0.0840. The summed E-state index contributed by atoms with van der Waals surface area (Å²) in [7, 11) is 0. The van der Waals surface area contributed by atoms with Gasteiger partial charge in [0.2, 0.25) is 0 Å². The molecule has 0 radical (unpaired) electrons. The predicted octanol–water partition coefficient (Wildman–Crippen LogP) is 2.40. The van der Waals surface area contributed by atoms with Crippen LogP contribution in [-0.4, -0.2) is 11.5 Å². The van der Waals surface area contributed by atoms with E-state index in [0.29, 0.717) is 0 Å². The maximum atomic E-state index is 5.28. The molecule has 0 N–H and O–H groups in total. The molecule has 0 spiro atoms. The fourth-order valence-corrected chi connectivity index (χ4v) is 1.20. The van der Waals surface area contributed by atoms with E-state index in [4.69, 9.17) is 6.42 Å². The zero-order valence-electron chi connectivity index (χ0n) is 6.40. The molecule has 0 nitrogen and oxygen atoms in total. The zero-order chi connectivity index (χ0) is 7.33. The average Bonchev–Trinajstić information content (AvgIpc) is 1.84. The molecule has 52 valence electrons. The van der Waals surface area contributed by atoms with Gasteiger partial charge in [-0.2, -0.15) is 11.8 Å². The molecular formula is C8H14S. The smallest absolute Gasteiger partial charge is 0.0346 e. The molecule has 0 aromatic heterocycles. The second-order valence-electron chi connectivity index (χ2n) is 2.67. The van der Waals surface area contributed by atoms with Gasteiger partial charge in [-0.1, -0.05) is 12.8 Å². The topological polar surface area (TPSA) is 0 Å². The summed E-state index contributed by atoms with van der Waals surface area (Å²) < 4.78 is 0. The summed E-state index contributed by atoms with van der Waals surface area (Å²) in [5.41, 5.74) is 0.0840. The Morgan fingerprint density at radius 3 is 2.44 bits per heavy atom. The van der Waals surface area contributed by atoms with Crippen molar-refractivity contribution in [2.24, 2.45) is 5.41 Å². The molecule has 0 fully saturated rings. The van der Waals surface area contributed by atoms with Crippen LogP contribution in [0, 0.1) is 17.8 Å². The van der Waals surface area contributed by atoms with Crippen LogP contribution in [0.25, 0.3) is 0 Å². The van der Waals surface area contributed by atoms with Crippen LogP contribution in [-0.2, 0) is 0 Å². The van der Waals surface area contributed by atoms with Gasteiger partial charge in [-0.05, 0) is 19.6 Å². The lowest BCUT2D eigenvalue weighted by Gasteiger charge is -2.15. The van der Waals surface area contributed by atoms with E-state index < -0.39 is 0 Å². The van der Waals surface area contributed by atoms with Crippen LogP contribution in [0.1, 0.15) is 20.8 Å². The third kappa shape index (κ3) is 4.42. The predicted molar refractivity (Wildman–Crippen MR) is 45.6 cm³/mol. The van der Waals surface area contributed by atoms with E-state index in [1.165, 1.54) is 0 Å². The molecule has 0 atom stereocenters. The molecule has 0 aromatic rings. The molecule has 0 bridgehead atoms. The fourth-order valence-electron chi connectivity index (χ4n) is 0.399. The summed E-state index contributed by atoms with van der Waals surface area (Å²) in [5, 5.41) is 0. The van der Waals surface area contributed by atoms with Crippen molar-refractivity contribution in [3.8, 4) is 12.3 Å². The van der Waals surface area contributed by atoms with Gasteiger partial charge in [-0.25, -0.2) is 0 Å². The summed E-state index contributed by atoms with van der Waals surface area (Å²) in [6.07, 6.45) is 5.28. The van der Waals surface area contributed by atoms with Gasteiger partial charge in [-0.3, -0.25) is 0 Å². The summed E-state index contributed by atoms with van der Waals surface area (Å²) in [6.45, 7) is 6.34. The molecule has 1 heteroatoms. The summed E-state index contributed by atoms with van der Waals surface area (Å²) in [6, 6.07) is 0. The van der Waals surface area contributed by atoms with Crippen LogP contribution < -0.4 is 0 Å². The van der Waals surface area contributed by atoms with Crippen molar-refractivity contribution < 1.29 is 0 Å². The minimum atomic E-state index is 0.0840. The van der Waals surface area contributed by atoms with E-state index in [1.54, 1.807) is 0 Å². The standard InChI is InChI=1S/C8H14S/c1-5-8(3,4)7-9-6-2/h1H,6-7H2,2-4H3. The highest BCUT2D eigenvalue weighted by atomic mass is 32.2. The second-order valence-corrected chi connectivity index (χ2v) is 3.94. The van der Waals surface area contributed by atoms with Crippen molar-refractivity contribution in [3.05, 3.63) is 0 Å². The van der Waals surface area contributed by atoms with Crippen LogP contribution in [0.5, 0.6) is 0 Å². The zero-order valence-corrected chi connectivity index (χ0v) is 7.22. The van der Waals surface area contributed by atoms with Crippen LogP contribution in [0.3, 0.4) is 0 Å². The molecule has 0 amide bonds. The number of hydrogen-bond acceptors (Lipinski definition) is 1. The molecule has 0 aromatic carbocycles. The van der Waals surface area contributed by atoms with Crippen molar-refractivity contribution in [1.29, 1.82) is 0 Å². The second kappa shape index (κ2) is 3.85. The van der Waals surface area contributed by atoms with Gasteiger partial charge in [0.05, 0.1) is 0 Å². The van der Waals surface area contributed by atoms with Gasteiger partial charge < -0.3 is 0 Å². The van der Waals surface area contributed by atoms with E-state index in [2.05, 4.69) is 26.7 Å². The summed E-state index contributed by atoms with van der Waals surface area (Å²) >= 11 is 1.90. The first kappa shape index (κ1) is 8.91. The van der Waals surface area contributed by atoms with Crippen molar-refractivity contribution >= 4 is 11.8 Å². The fraction of sp³-hybridized carbons (Fsp3) is 0.750. The van der Waals surface area contributed by atoms with Crippen LogP contribution >= 0.6 is 11.8 Å². The van der Waals surface area contributed by atoms with Gasteiger partial charge in [-0.15, -0.1) is 6.42 Å². The first-order valence-electron chi connectivity index (χ1n) is 3.18. The van der Waals surface area contributed by atoms with E-state index in [0.717, 1.165) is 11.5 Å². The van der Waals surface area contributed by atoms with Crippen molar-refractivity contribution in [2.45, 2.75) is 20.8 Å². The SMILES string of the molecule is C#CC(C)(C)CSCC. The highest BCUT2D eigenvalue weighted by molar-refractivity contribution is 7.99. The first-order chi connectivity index (χ1) is 4.12. The Hall–Kier alpha value is -0.0900. The molecule has 0 rings (SSSR count). The summed E-state index contributed by atoms with van der Waals surface area (Å²) in [5.74, 6) is 4.98. The van der Waals surface area contributed by atoms with Crippen LogP contribution in [0.4, 0.5) is 0 Å². The Morgan fingerprint density at radius 2 is 2.11 bits per heavy atom. The molecule has 0 unspecified atom stereocenters. The van der Waals surface area contributed by atoms with Crippen LogP contribution in [0.2, 0.25) is 0 Å². The van der Waals surface area contributed by atoms with Gasteiger partial charge in [0, 0.05) is 11.2 Å². The third-order valence-corrected chi connectivity index (χ3v) is 2.39. The molecule has 0 aliphatic heterocycles. The molecule has 0 heterocycles. The van der Waals surface area contributed by atoms with E-state index in [1.807, 2.05) is 11.8 Å². The molecule has 0 saturated heterocycles. The maximum Gasteiger partial charge on any atom is 0.0346 e. The Bertz CT molecular complexity index is 108. The quantitative estimate of drug-likeness (QED) is 0.545. The van der Waals surface area contributed by atoms with Gasteiger partial charge in [0.15, 0.2) is 0 Å². The Labute approximate surface area is 62.4 Å². The van der Waals surface area contributed by atoms with Crippen LogP contribution in [0.15, 0.2) is 0 Å². The number of terminal acetylenes is 1. The van der Waals surface area contributed by atoms with Gasteiger partial charge >= 0.3 is 0 Å². The van der Waals surface area contributed by atoms with Gasteiger partial charge in [0.25, 0.3) is 0 Å². The van der Waals surface area contributed by atoms with Gasteiger partial charge in [0.1, 0.15) is 0 Å². The average molecular weight is 142 g/mol. The normalized spacial score (nSPS) is 10.9. The van der Waals surface area contributed by atoms with E-state index >= 15 is 0 Å². The molecule has 9 heavy (non-hydrogen) atoms. The maximum absolute atomic E-state index is 5.28. The van der Waals surface area contributed by atoms with E-state index in [-0.39, 0.29) is 5.41 Å². The number of rotatable bonds is 3. The summed E-state index contributed by atoms with van der Waals surface area (Å²) in [4.78, 5) is 0. The number of hydrogen-bond donors (Lipinski definition) is 0. The van der Waals surface area contributed by atoms with E-state index in [9.17, 15) is 0 Å². The monoisotopic (exact) mass is 142 g/mol. The first-order valence-corrected chi connectivity index (χ1v) is 4.33. The lowest BCUT2D eigenvalue weighted by molar-refractivity contribution is 0.584. The minimum Gasteiger partial charge on any atom is -0.161 e. The lowest BCUT2D eigenvalue weighted by atomic mass is 9.98. The molecule has 0 aliphatic carbocycles. The highest BCUT2D eigenvalue weighted by Gasteiger charge is 2.11. The largest absolute Gasteiger partial charge is 0.161 e. The lowest BCUT2D eigenvalue weighted by Crippen LogP contribution is -2.10. The molecule has 0 aliphatic rings. The molecular weight excluding hydrogens is 128 g/mol. The van der Waals surface area contributed by atoms with Crippen molar-refractivity contribution in [3.63, 3.8) is 0 Å². The van der Waals surface area contributed by atoms with Crippen molar-refractivity contribution in [1.82, 2.24) is 0 Å². The van der Waals surface area contributed by atoms with Crippen molar-refractivity contribution in [2.75, 3.05) is 11.5 Å². The molecule has 0 saturated carbocycles. The highest BCUT2D eigenvalue weighted by Crippen LogP contribution is 2.19. The number of thioether (sulfide) groups is 1. The Balaban J connectivity index is 3.49. The Kier molecular flexibility index (Phi) is 3.81. The Morgan fingerprint density at radius 1 is 1.56 bits per heavy atom. The third-order valence-electron chi connectivity index (χ3n) is 1.06.